The van der Waals surface area contributed by atoms with Crippen LogP contribution in [0.25, 0.3) is 0 Å². The molecule has 1 aliphatic rings. The van der Waals surface area contributed by atoms with Crippen LogP contribution in [0.3, 0.4) is 0 Å². The van der Waals surface area contributed by atoms with Crippen LogP contribution in [-0.4, -0.2) is 12.3 Å². The number of fused-ring (bicyclic) bond motifs is 1. The maximum Gasteiger partial charge on any atom is 0.145 e. The van der Waals surface area contributed by atoms with Crippen molar-refractivity contribution in [3.8, 4) is 0 Å². The number of carbonyl (C=O) groups excluding carboxylic acids is 1. The fraction of sp³-hybridized carbons (Fsp3) is 0.235. The summed E-state index contributed by atoms with van der Waals surface area (Å²) in [5, 5.41) is 3.21. The van der Waals surface area contributed by atoms with Gasteiger partial charge in [-0.15, -0.1) is 0 Å². The molecule has 2 aromatic rings. The molecule has 1 atom stereocenters. The van der Waals surface area contributed by atoms with Crippen LogP contribution in [0, 0.1) is 11.6 Å². The highest BCUT2D eigenvalue weighted by molar-refractivity contribution is 5.88. The van der Waals surface area contributed by atoms with Crippen LogP contribution in [0.2, 0.25) is 0 Å². The third kappa shape index (κ3) is 3.00. The summed E-state index contributed by atoms with van der Waals surface area (Å²) >= 11 is 0. The molecule has 0 fully saturated rings. The van der Waals surface area contributed by atoms with Gasteiger partial charge in [0, 0.05) is 25.6 Å². The standard InChI is InChI=1S/C17H15F2NO/c18-13-5-11(6-14(19)8-13)7-17(21)16-10-20-9-12-3-1-2-4-15(12)16/h1-6,8,16,20H,7,9-10H2. The predicted octanol–water partition coefficient (Wildman–Crippen LogP) is 2.96. The minimum atomic E-state index is -0.653. The van der Waals surface area contributed by atoms with Gasteiger partial charge < -0.3 is 5.32 Å². The molecule has 1 N–H and O–H groups in total. The molecule has 0 amide bonds. The van der Waals surface area contributed by atoms with Gasteiger partial charge in [0.05, 0.1) is 5.92 Å². The Hall–Kier alpha value is -2.07. The molecule has 0 aliphatic carbocycles. The summed E-state index contributed by atoms with van der Waals surface area (Å²) in [5.41, 5.74) is 2.49. The first-order valence-electron chi connectivity index (χ1n) is 6.89. The molecule has 0 saturated carbocycles. The van der Waals surface area contributed by atoms with E-state index in [1.807, 2.05) is 24.3 Å². The zero-order chi connectivity index (χ0) is 14.8. The van der Waals surface area contributed by atoms with Crippen molar-refractivity contribution in [1.29, 1.82) is 0 Å². The Bertz CT molecular complexity index is 664. The van der Waals surface area contributed by atoms with E-state index in [1.54, 1.807) is 0 Å². The van der Waals surface area contributed by atoms with E-state index in [0.29, 0.717) is 12.1 Å². The SMILES string of the molecule is O=C(Cc1cc(F)cc(F)c1)C1CNCc2ccccc21. The Morgan fingerprint density at radius 2 is 1.86 bits per heavy atom. The average molecular weight is 287 g/mol. The number of carbonyl (C=O) groups is 1. The summed E-state index contributed by atoms with van der Waals surface area (Å²) in [4.78, 5) is 12.5. The Balaban J connectivity index is 1.83. The van der Waals surface area contributed by atoms with E-state index < -0.39 is 11.6 Å². The van der Waals surface area contributed by atoms with Crippen molar-refractivity contribution in [3.63, 3.8) is 0 Å². The van der Waals surface area contributed by atoms with Gasteiger partial charge in [0.15, 0.2) is 0 Å². The second-order valence-electron chi connectivity index (χ2n) is 5.30. The Kier molecular flexibility index (Phi) is 3.80. The predicted molar refractivity (Wildman–Crippen MR) is 76.0 cm³/mol. The average Bonchev–Trinajstić information content (AvgIpc) is 2.45. The lowest BCUT2D eigenvalue weighted by atomic mass is 9.85. The van der Waals surface area contributed by atoms with Crippen LogP contribution < -0.4 is 5.32 Å². The molecule has 0 saturated heterocycles. The zero-order valence-electron chi connectivity index (χ0n) is 11.4. The van der Waals surface area contributed by atoms with Crippen LogP contribution in [0.15, 0.2) is 42.5 Å². The number of ketones is 1. The third-order valence-corrected chi connectivity index (χ3v) is 3.78. The molecular weight excluding hydrogens is 272 g/mol. The molecular formula is C17H15F2NO. The van der Waals surface area contributed by atoms with Gasteiger partial charge in [-0.1, -0.05) is 24.3 Å². The number of hydrogen-bond donors (Lipinski definition) is 1. The first kappa shape index (κ1) is 13.9. The Morgan fingerprint density at radius 1 is 1.14 bits per heavy atom. The minimum Gasteiger partial charge on any atom is -0.312 e. The number of benzene rings is 2. The molecule has 0 aromatic heterocycles. The van der Waals surface area contributed by atoms with Crippen LogP contribution in [-0.2, 0) is 17.8 Å². The lowest BCUT2D eigenvalue weighted by Gasteiger charge is -2.25. The third-order valence-electron chi connectivity index (χ3n) is 3.78. The summed E-state index contributed by atoms with van der Waals surface area (Å²) in [6.07, 6.45) is 0.0371. The lowest BCUT2D eigenvalue weighted by Crippen LogP contribution is -2.33. The van der Waals surface area contributed by atoms with Crippen LogP contribution >= 0.6 is 0 Å². The van der Waals surface area contributed by atoms with Gasteiger partial charge in [0.1, 0.15) is 17.4 Å². The molecule has 2 aromatic carbocycles. The van der Waals surface area contributed by atoms with E-state index >= 15 is 0 Å². The van der Waals surface area contributed by atoms with Gasteiger partial charge in [0.25, 0.3) is 0 Å². The van der Waals surface area contributed by atoms with Crippen molar-refractivity contribution >= 4 is 5.78 Å². The highest BCUT2D eigenvalue weighted by atomic mass is 19.1. The van der Waals surface area contributed by atoms with Gasteiger partial charge in [-0.3, -0.25) is 4.79 Å². The van der Waals surface area contributed by atoms with Crippen molar-refractivity contribution in [2.45, 2.75) is 18.9 Å². The smallest absolute Gasteiger partial charge is 0.145 e. The molecule has 2 nitrogen and oxygen atoms in total. The van der Waals surface area contributed by atoms with Crippen molar-refractivity contribution in [1.82, 2.24) is 5.32 Å². The van der Waals surface area contributed by atoms with Gasteiger partial charge >= 0.3 is 0 Å². The van der Waals surface area contributed by atoms with E-state index in [4.69, 9.17) is 0 Å². The van der Waals surface area contributed by atoms with Crippen LogP contribution in [0.4, 0.5) is 8.78 Å². The van der Waals surface area contributed by atoms with Crippen molar-refractivity contribution in [3.05, 3.63) is 70.8 Å². The number of rotatable bonds is 3. The van der Waals surface area contributed by atoms with Crippen molar-refractivity contribution < 1.29 is 13.6 Å². The van der Waals surface area contributed by atoms with E-state index in [9.17, 15) is 13.6 Å². The van der Waals surface area contributed by atoms with E-state index in [0.717, 1.165) is 23.7 Å². The molecule has 4 heteroatoms. The largest absolute Gasteiger partial charge is 0.312 e. The van der Waals surface area contributed by atoms with Gasteiger partial charge in [-0.2, -0.15) is 0 Å². The molecule has 3 rings (SSSR count). The molecule has 1 aliphatic heterocycles. The van der Waals surface area contributed by atoms with Gasteiger partial charge in [0.2, 0.25) is 0 Å². The number of Topliss-reactive ketones (excluding diaryl/α,β-unsaturated/α-hetero) is 1. The monoisotopic (exact) mass is 287 g/mol. The summed E-state index contributed by atoms with van der Waals surface area (Å²) in [6.45, 7) is 1.31. The highest BCUT2D eigenvalue weighted by Gasteiger charge is 2.25. The fourth-order valence-electron chi connectivity index (χ4n) is 2.82. The Morgan fingerprint density at radius 3 is 2.62 bits per heavy atom. The summed E-state index contributed by atoms with van der Waals surface area (Å²) in [5.74, 6) is -1.60. The molecule has 1 heterocycles. The second-order valence-corrected chi connectivity index (χ2v) is 5.30. The first-order chi connectivity index (χ1) is 10.1. The molecule has 1 unspecified atom stereocenters. The van der Waals surface area contributed by atoms with E-state index in [-0.39, 0.29) is 18.1 Å². The van der Waals surface area contributed by atoms with E-state index in [2.05, 4.69) is 5.32 Å². The summed E-state index contributed by atoms with van der Waals surface area (Å²) < 4.78 is 26.4. The van der Waals surface area contributed by atoms with Crippen molar-refractivity contribution in [2.24, 2.45) is 0 Å². The Labute approximate surface area is 121 Å². The number of hydrogen-bond acceptors (Lipinski definition) is 2. The van der Waals surface area contributed by atoms with Crippen LogP contribution in [0.1, 0.15) is 22.6 Å². The fourth-order valence-corrected chi connectivity index (χ4v) is 2.82. The normalized spacial score (nSPS) is 17.3. The topological polar surface area (TPSA) is 29.1 Å². The quantitative estimate of drug-likeness (QED) is 0.940. The van der Waals surface area contributed by atoms with Crippen LogP contribution in [0.5, 0.6) is 0 Å². The maximum absolute atomic E-state index is 13.2. The minimum absolute atomic E-state index is 0.0281. The zero-order valence-corrected chi connectivity index (χ0v) is 11.4. The second kappa shape index (κ2) is 5.74. The summed E-state index contributed by atoms with van der Waals surface area (Å²) in [7, 11) is 0. The van der Waals surface area contributed by atoms with Gasteiger partial charge in [-0.25, -0.2) is 8.78 Å². The molecule has 0 bridgehead atoms. The number of halogens is 2. The first-order valence-corrected chi connectivity index (χ1v) is 6.89. The highest BCUT2D eigenvalue weighted by Crippen LogP contribution is 2.26. The lowest BCUT2D eigenvalue weighted by molar-refractivity contribution is -0.119. The summed E-state index contributed by atoms with van der Waals surface area (Å²) in [6, 6.07) is 11.0. The molecule has 0 spiro atoms. The maximum atomic E-state index is 13.2. The molecule has 108 valence electrons. The molecule has 21 heavy (non-hydrogen) atoms. The van der Waals surface area contributed by atoms with E-state index in [1.165, 1.54) is 12.1 Å². The van der Waals surface area contributed by atoms with Gasteiger partial charge in [-0.05, 0) is 28.8 Å². The van der Waals surface area contributed by atoms with Crippen molar-refractivity contribution in [2.75, 3.05) is 6.54 Å². The number of nitrogens with one attached hydrogen (secondary N) is 1. The molecule has 0 radical (unpaired) electrons.